The number of benzene rings is 1. The van der Waals surface area contributed by atoms with Crippen LogP contribution >= 0.6 is 11.3 Å². The van der Waals surface area contributed by atoms with E-state index >= 15 is 0 Å². The maximum atomic E-state index is 12.4. The van der Waals surface area contributed by atoms with Crippen molar-refractivity contribution >= 4 is 22.4 Å². The highest BCUT2D eigenvalue weighted by atomic mass is 32.1. The summed E-state index contributed by atoms with van der Waals surface area (Å²) in [6.45, 7) is 4.52. The molecule has 2 aliphatic rings. The van der Waals surface area contributed by atoms with Gasteiger partial charge in [-0.2, -0.15) is 0 Å². The van der Waals surface area contributed by atoms with Crippen LogP contribution in [0.15, 0.2) is 30.3 Å². The molecule has 2 aliphatic heterocycles. The van der Waals surface area contributed by atoms with Gasteiger partial charge in [-0.15, -0.1) is 0 Å². The van der Waals surface area contributed by atoms with Crippen molar-refractivity contribution < 1.29 is 14.3 Å². The highest BCUT2D eigenvalue weighted by Gasteiger charge is 2.24. The van der Waals surface area contributed by atoms with Crippen LogP contribution in [0.25, 0.3) is 0 Å². The van der Waals surface area contributed by atoms with Crippen molar-refractivity contribution in [1.82, 2.24) is 9.88 Å². The molecule has 0 spiro atoms. The van der Waals surface area contributed by atoms with Gasteiger partial charge in [-0.3, -0.25) is 9.69 Å². The van der Waals surface area contributed by atoms with E-state index in [1.165, 1.54) is 16.9 Å². The third-order valence-corrected chi connectivity index (χ3v) is 5.61. The van der Waals surface area contributed by atoms with Gasteiger partial charge in [0, 0.05) is 26.1 Å². The van der Waals surface area contributed by atoms with E-state index in [0.29, 0.717) is 31.4 Å². The summed E-state index contributed by atoms with van der Waals surface area (Å²) in [6, 6.07) is 10.4. The number of amides is 1. The van der Waals surface area contributed by atoms with Crippen LogP contribution in [0.4, 0.5) is 5.13 Å². The quantitative estimate of drug-likeness (QED) is 0.872. The molecule has 138 valence electrons. The van der Waals surface area contributed by atoms with Crippen molar-refractivity contribution in [2.75, 3.05) is 31.6 Å². The average Bonchev–Trinajstić information content (AvgIpc) is 3.05. The molecule has 26 heavy (non-hydrogen) atoms. The number of hydrogen-bond acceptors (Lipinski definition) is 6. The third-order valence-electron chi connectivity index (χ3n) is 4.63. The number of thiazole rings is 1. The molecule has 1 aromatic heterocycles. The van der Waals surface area contributed by atoms with Gasteiger partial charge in [0.2, 0.25) is 5.91 Å². The summed E-state index contributed by atoms with van der Waals surface area (Å²) in [7, 11) is 0. The summed E-state index contributed by atoms with van der Waals surface area (Å²) in [4.78, 5) is 20.4. The lowest BCUT2D eigenvalue weighted by Gasteiger charge is -2.32. The van der Waals surface area contributed by atoms with Crippen LogP contribution in [0.1, 0.15) is 22.6 Å². The van der Waals surface area contributed by atoms with Crippen molar-refractivity contribution in [2.24, 2.45) is 0 Å². The standard InChI is InChI=1S/C19H23N3O3S/c23-18(21-19-20-16-6-8-24-13-17(16)26-19)10-15-12-22(7-9-25-15)11-14-4-2-1-3-5-14/h1-5,15H,6-13H2,(H,20,21,23). The predicted octanol–water partition coefficient (Wildman–Crippen LogP) is 2.45. The summed E-state index contributed by atoms with van der Waals surface area (Å²) in [5, 5.41) is 3.59. The Labute approximate surface area is 157 Å². The highest BCUT2D eigenvalue weighted by Crippen LogP contribution is 2.27. The first kappa shape index (κ1) is 17.6. The third kappa shape index (κ3) is 4.48. The Morgan fingerprint density at radius 2 is 2.19 bits per heavy atom. The Morgan fingerprint density at radius 3 is 3.04 bits per heavy atom. The number of nitrogens with zero attached hydrogens (tertiary/aromatic N) is 2. The number of rotatable bonds is 5. The van der Waals surface area contributed by atoms with E-state index in [0.717, 1.165) is 36.6 Å². The van der Waals surface area contributed by atoms with Gasteiger partial charge < -0.3 is 14.8 Å². The predicted molar refractivity (Wildman–Crippen MR) is 100 cm³/mol. The minimum Gasteiger partial charge on any atom is -0.375 e. The minimum absolute atomic E-state index is 0.0384. The first-order valence-corrected chi connectivity index (χ1v) is 9.82. The first-order valence-electron chi connectivity index (χ1n) is 9.00. The Kier molecular flexibility index (Phi) is 5.59. The van der Waals surface area contributed by atoms with E-state index in [1.54, 1.807) is 0 Å². The maximum absolute atomic E-state index is 12.4. The van der Waals surface area contributed by atoms with Gasteiger partial charge in [0.05, 0.1) is 42.9 Å². The van der Waals surface area contributed by atoms with Gasteiger partial charge in [-0.25, -0.2) is 4.98 Å². The molecule has 3 heterocycles. The lowest BCUT2D eigenvalue weighted by Crippen LogP contribution is -2.43. The number of nitrogens with one attached hydrogen (secondary N) is 1. The molecule has 6 nitrogen and oxygen atoms in total. The Bertz CT molecular complexity index is 726. The van der Waals surface area contributed by atoms with Crippen LogP contribution in [0.2, 0.25) is 0 Å². The van der Waals surface area contributed by atoms with Crippen LogP contribution in [0, 0.1) is 0 Å². The summed E-state index contributed by atoms with van der Waals surface area (Å²) in [5.41, 5.74) is 2.34. The topological polar surface area (TPSA) is 63.7 Å². The number of anilines is 1. The number of hydrogen-bond donors (Lipinski definition) is 1. The molecule has 1 atom stereocenters. The van der Waals surface area contributed by atoms with Crippen LogP contribution in [0.5, 0.6) is 0 Å². The zero-order valence-corrected chi connectivity index (χ0v) is 15.5. The van der Waals surface area contributed by atoms with Crippen LogP contribution in [0.3, 0.4) is 0 Å². The van der Waals surface area contributed by atoms with E-state index in [2.05, 4.69) is 39.5 Å². The smallest absolute Gasteiger partial charge is 0.228 e. The number of carbonyl (C=O) groups excluding carboxylic acids is 1. The molecule has 1 N–H and O–H groups in total. The van der Waals surface area contributed by atoms with Gasteiger partial charge in [0.15, 0.2) is 5.13 Å². The molecular weight excluding hydrogens is 350 g/mol. The van der Waals surface area contributed by atoms with Gasteiger partial charge in [0.25, 0.3) is 0 Å². The van der Waals surface area contributed by atoms with E-state index in [4.69, 9.17) is 9.47 Å². The van der Waals surface area contributed by atoms with Crippen LogP contribution in [-0.2, 0) is 33.8 Å². The van der Waals surface area contributed by atoms with Crippen molar-refractivity contribution in [2.45, 2.75) is 32.1 Å². The van der Waals surface area contributed by atoms with E-state index < -0.39 is 0 Å². The van der Waals surface area contributed by atoms with Gasteiger partial charge in [-0.1, -0.05) is 41.7 Å². The lowest BCUT2D eigenvalue weighted by atomic mass is 10.1. The van der Waals surface area contributed by atoms with Crippen molar-refractivity contribution in [1.29, 1.82) is 0 Å². The average molecular weight is 373 g/mol. The zero-order chi connectivity index (χ0) is 17.8. The molecule has 1 unspecified atom stereocenters. The molecule has 2 aromatic rings. The Hall–Kier alpha value is -1.80. The molecule has 1 fully saturated rings. The largest absolute Gasteiger partial charge is 0.375 e. The SMILES string of the molecule is O=C(CC1CN(Cc2ccccc2)CCO1)Nc1nc2c(s1)COCC2. The molecule has 1 amide bonds. The van der Waals surface area contributed by atoms with Gasteiger partial charge >= 0.3 is 0 Å². The molecular formula is C19H23N3O3S. The van der Waals surface area contributed by atoms with E-state index in [1.807, 2.05) is 6.07 Å². The lowest BCUT2D eigenvalue weighted by molar-refractivity contribution is -0.121. The molecule has 7 heteroatoms. The molecule has 0 radical (unpaired) electrons. The number of aromatic nitrogens is 1. The second-order valence-corrected chi connectivity index (χ2v) is 7.74. The van der Waals surface area contributed by atoms with Crippen molar-refractivity contribution in [3.05, 3.63) is 46.5 Å². The van der Waals surface area contributed by atoms with Crippen LogP contribution in [-0.4, -0.2) is 48.2 Å². The Morgan fingerprint density at radius 1 is 1.31 bits per heavy atom. The number of fused-ring (bicyclic) bond motifs is 1. The van der Waals surface area contributed by atoms with Crippen molar-refractivity contribution in [3.8, 4) is 0 Å². The van der Waals surface area contributed by atoms with E-state index in [-0.39, 0.29) is 12.0 Å². The molecule has 1 aromatic carbocycles. The maximum Gasteiger partial charge on any atom is 0.228 e. The fourth-order valence-corrected chi connectivity index (χ4v) is 4.31. The summed E-state index contributed by atoms with van der Waals surface area (Å²) < 4.78 is 11.2. The second-order valence-electron chi connectivity index (χ2n) is 6.66. The van der Waals surface area contributed by atoms with E-state index in [9.17, 15) is 4.79 Å². The van der Waals surface area contributed by atoms with Crippen LogP contribution < -0.4 is 5.32 Å². The summed E-state index contributed by atoms with van der Waals surface area (Å²) in [6.07, 6.45) is 1.10. The molecule has 0 bridgehead atoms. The fraction of sp³-hybridized carbons (Fsp3) is 0.474. The highest BCUT2D eigenvalue weighted by molar-refractivity contribution is 7.15. The fourth-order valence-electron chi connectivity index (χ4n) is 3.34. The number of morpholine rings is 1. The number of ether oxygens (including phenoxy) is 2. The molecule has 0 aliphatic carbocycles. The summed E-state index contributed by atoms with van der Waals surface area (Å²) in [5.74, 6) is -0.0384. The van der Waals surface area contributed by atoms with Gasteiger partial charge in [-0.05, 0) is 5.56 Å². The Balaban J connectivity index is 1.29. The normalized spacial score (nSPS) is 20.5. The zero-order valence-electron chi connectivity index (χ0n) is 14.6. The number of carbonyl (C=O) groups is 1. The molecule has 4 rings (SSSR count). The monoisotopic (exact) mass is 373 g/mol. The molecule has 1 saturated heterocycles. The van der Waals surface area contributed by atoms with Crippen molar-refractivity contribution in [3.63, 3.8) is 0 Å². The first-order chi connectivity index (χ1) is 12.8. The second kappa shape index (κ2) is 8.26. The minimum atomic E-state index is -0.0783. The molecule has 0 saturated carbocycles. The van der Waals surface area contributed by atoms with Gasteiger partial charge in [0.1, 0.15) is 0 Å². The summed E-state index contributed by atoms with van der Waals surface area (Å²) >= 11 is 1.51.